The van der Waals surface area contributed by atoms with Crippen LogP contribution in [-0.4, -0.2) is 36.4 Å². The second kappa shape index (κ2) is 8.45. The van der Waals surface area contributed by atoms with E-state index in [-0.39, 0.29) is 6.03 Å². The van der Waals surface area contributed by atoms with Gasteiger partial charge >= 0.3 is 6.03 Å². The van der Waals surface area contributed by atoms with E-state index in [1.54, 1.807) is 39.3 Å². The molecule has 2 heterocycles. The maximum Gasteiger partial charge on any atom is 0.326 e. The molecule has 0 aliphatic carbocycles. The maximum atomic E-state index is 12.7. The van der Waals surface area contributed by atoms with Crippen molar-refractivity contribution in [3.8, 4) is 0 Å². The van der Waals surface area contributed by atoms with Gasteiger partial charge in [0, 0.05) is 34.8 Å². The number of halogens is 1. The predicted octanol–water partition coefficient (Wildman–Crippen LogP) is 4.18. The second-order valence-electron chi connectivity index (χ2n) is 7.16. The van der Waals surface area contributed by atoms with Gasteiger partial charge in [-0.1, -0.05) is 18.6 Å². The summed E-state index contributed by atoms with van der Waals surface area (Å²) >= 11 is 2.25. The van der Waals surface area contributed by atoms with Crippen LogP contribution in [0.3, 0.4) is 0 Å². The van der Waals surface area contributed by atoms with Crippen LogP contribution in [0.4, 0.5) is 4.79 Å². The summed E-state index contributed by atoms with van der Waals surface area (Å²) in [6.07, 6.45) is 4.66. The van der Waals surface area contributed by atoms with Crippen LogP contribution in [0, 0.1) is 3.57 Å². The monoisotopic (exact) mass is 523 g/mol. The van der Waals surface area contributed by atoms with Gasteiger partial charge in [-0.2, -0.15) is 4.31 Å². The number of benzene rings is 2. The summed E-state index contributed by atoms with van der Waals surface area (Å²) in [5, 5.41) is 3.91. The first-order chi connectivity index (χ1) is 13.9. The summed E-state index contributed by atoms with van der Waals surface area (Å²) in [4.78, 5) is 12.9. The summed E-state index contributed by atoms with van der Waals surface area (Å²) in [6, 6.07) is 14.4. The number of nitrogens with zero attached hydrogens (tertiary/aromatic N) is 2. The lowest BCUT2D eigenvalue weighted by molar-refractivity contribution is 0.243. The molecule has 1 saturated heterocycles. The highest BCUT2D eigenvalue weighted by Crippen LogP contribution is 2.21. The van der Waals surface area contributed by atoms with E-state index in [4.69, 9.17) is 0 Å². The summed E-state index contributed by atoms with van der Waals surface area (Å²) in [5.41, 5.74) is 1.70. The van der Waals surface area contributed by atoms with Gasteiger partial charge in [-0.05, 0) is 77.4 Å². The van der Waals surface area contributed by atoms with Crippen LogP contribution in [0.5, 0.6) is 0 Å². The van der Waals surface area contributed by atoms with Gasteiger partial charge in [-0.15, -0.1) is 0 Å². The van der Waals surface area contributed by atoms with Gasteiger partial charge in [0.1, 0.15) is 0 Å². The Kier molecular flexibility index (Phi) is 5.93. The normalized spacial score (nSPS) is 15.5. The number of piperidine rings is 1. The lowest BCUT2D eigenvalue weighted by atomic mass is 10.2. The van der Waals surface area contributed by atoms with Crippen LogP contribution in [0.1, 0.15) is 24.8 Å². The molecule has 1 N–H and O–H groups in total. The molecule has 0 atom stereocenters. The van der Waals surface area contributed by atoms with Crippen LogP contribution in [0.15, 0.2) is 59.6 Å². The Morgan fingerprint density at radius 2 is 1.72 bits per heavy atom. The molecule has 6 nitrogen and oxygen atoms in total. The molecule has 4 rings (SSSR count). The Morgan fingerprint density at radius 1 is 1.00 bits per heavy atom. The molecule has 1 fully saturated rings. The van der Waals surface area contributed by atoms with Crippen molar-refractivity contribution in [3.05, 3.63) is 63.9 Å². The molecule has 3 aromatic rings. The summed E-state index contributed by atoms with van der Waals surface area (Å²) in [6.45, 7) is 1.50. The van der Waals surface area contributed by atoms with Gasteiger partial charge < -0.3 is 5.32 Å². The number of carbonyl (C=O) groups is 1. The van der Waals surface area contributed by atoms with E-state index in [9.17, 15) is 13.2 Å². The molecule has 152 valence electrons. The third-order valence-corrected chi connectivity index (χ3v) is 7.77. The lowest BCUT2D eigenvalue weighted by Gasteiger charge is -2.25. The SMILES string of the molecule is O=C(NCc1ccc(S(=O)(=O)N2CCCCC2)cc1)n1ccc2cc(I)ccc21. The first-order valence-corrected chi connectivity index (χ1v) is 12.1. The third-order valence-electron chi connectivity index (χ3n) is 5.19. The fourth-order valence-corrected chi connectivity index (χ4v) is 5.62. The van der Waals surface area contributed by atoms with Crippen molar-refractivity contribution in [2.24, 2.45) is 0 Å². The van der Waals surface area contributed by atoms with Gasteiger partial charge in [0.25, 0.3) is 0 Å². The van der Waals surface area contributed by atoms with E-state index in [1.807, 2.05) is 24.3 Å². The Bertz CT molecular complexity index is 1130. The maximum absolute atomic E-state index is 12.7. The Hall–Kier alpha value is -1.91. The number of nitrogens with one attached hydrogen (secondary N) is 1. The van der Waals surface area contributed by atoms with Crippen molar-refractivity contribution < 1.29 is 13.2 Å². The van der Waals surface area contributed by atoms with Crippen molar-refractivity contribution in [2.45, 2.75) is 30.7 Å². The molecule has 8 heteroatoms. The third kappa shape index (κ3) is 4.34. The minimum Gasteiger partial charge on any atom is -0.333 e. The van der Waals surface area contributed by atoms with Gasteiger partial charge in [0.05, 0.1) is 10.4 Å². The first-order valence-electron chi connectivity index (χ1n) is 9.59. The number of rotatable bonds is 4. The van der Waals surface area contributed by atoms with Crippen molar-refractivity contribution >= 4 is 49.5 Å². The molecule has 0 unspecified atom stereocenters. The van der Waals surface area contributed by atoms with E-state index in [0.717, 1.165) is 39.3 Å². The Labute approximate surface area is 184 Å². The van der Waals surface area contributed by atoms with Crippen LogP contribution in [0.25, 0.3) is 10.9 Å². The molecule has 0 radical (unpaired) electrons. The number of amides is 1. The zero-order chi connectivity index (χ0) is 20.4. The standard InChI is InChI=1S/C21H22IN3O3S/c22-18-6-9-20-17(14-18)10-13-25(20)21(26)23-15-16-4-7-19(8-5-16)29(27,28)24-11-2-1-3-12-24/h4-10,13-14H,1-3,11-12,15H2,(H,23,26). The molecule has 29 heavy (non-hydrogen) atoms. The number of hydrogen-bond acceptors (Lipinski definition) is 3. The van der Waals surface area contributed by atoms with Crippen LogP contribution in [-0.2, 0) is 16.6 Å². The van der Waals surface area contributed by atoms with Gasteiger partial charge in [-0.25, -0.2) is 13.2 Å². The van der Waals surface area contributed by atoms with Crippen LogP contribution in [0.2, 0.25) is 0 Å². The van der Waals surface area contributed by atoms with Gasteiger partial charge in [0.2, 0.25) is 10.0 Å². The molecule has 1 aliphatic rings. The zero-order valence-electron chi connectivity index (χ0n) is 15.8. The zero-order valence-corrected chi connectivity index (χ0v) is 18.8. The van der Waals surface area contributed by atoms with Gasteiger partial charge in [0.15, 0.2) is 0 Å². The summed E-state index contributed by atoms with van der Waals surface area (Å²) in [5.74, 6) is 0. The molecule has 0 bridgehead atoms. The topological polar surface area (TPSA) is 71.4 Å². The van der Waals surface area contributed by atoms with E-state index in [2.05, 4.69) is 27.9 Å². The molecule has 1 aromatic heterocycles. The predicted molar refractivity (Wildman–Crippen MR) is 121 cm³/mol. The Balaban J connectivity index is 1.43. The minimum atomic E-state index is -3.43. The number of fused-ring (bicyclic) bond motifs is 1. The molecule has 2 aromatic carbocycles. The van der Waals surface area contributed by atoms with Crippen LogP contribution < -0.4 is 5.32 Å². The quantitative estimate of drug-likeness (QED) is 0.522. The number of carbonyl (C=O) groups excluding carboxylic acids is 1. The summed E-state index contributed by atoms with van der Waals surface area (Å²) in [7, 11) is -3.43. The van der Waals surface area contributed by atoms with Crippen molar-refractivity contribution in [1.82, 2.24) is 14.2 Å². The lowest BCUT2D eigenvalue weighted by Crippen LogP contribution is -2.35. The highest BCUT2D eigenvalue weighted by Gasteiger charge is 2.25. The highest BCUT2D eigenvalue weighted by molar-refractivity contribution is 14.1. The average Bonchev–Trinajstić information content (AvgIpc) is 3.16. The number of sulfonamides is 1. The van der Waals surface area contributed by atoms with Crippen molar-refractivity contribution in [2.75, 3.05) is 13.1 Å². The summed E-state index contributed by atoms with van der Waals surface area (Å²) < 4.78 is 29.7. The smallest absolute Gasteiger partial charge is 0.326 e. The van der Waals surface area contributed by atoms with E-state index in [0.29, 0.717) is 24.5 Å². The number of aromatic nitrogens is 1. The Morgan fingerprint density at radius 3 is 2.45 bits per heavy atom. The average molecular weight is 523 g/mol. The molecule has 0 spiro atoms. The largest absolute Gasteiger partial charge is 0.333 e. The fraction of sp³-hybridized carbons (Fsp3) is 0.286. The van der Waals surface area contributed by atoms with E-state index >= 15 is 0 Å². The number of hydrogen-bond donors (Lipinski definition) is 1. The van der Waals surface area contributed by atoms with Crippen molar-refractivity contribution in [1.29, 1.82) is 0 Å². The first kappa shape index (κ1) is 20.4. The van der Waals surface area contributed by atoms with Gasteiger partial charge in [-0.3, -0.25) is 4.57 Å². The fourth-order valence-electron chi connectivity index (χ4n) is 3.59. The van der Waals surface area contributed by atoms with Crippen LogP contribution >= 0.6 is 22.6 Å². The highest BCUT2D eigenvalue weighted by atomic mass is 127. The molecule has 0 saturated carbocycles. The van der Waals surface area contributed by atoms with E-state index < -0.39 is 10.0 Å². The molecular formula is C21H22IN3O3S. The van der Waals surface area contributed by atoms with Crippen molar-refractivity contribution in [3.63, 3.8) is 0 Å². The molecule has 1 aliphatic heterocycles. The molecular weight excluding hydrogens is 501 g/mol. The van der Waals surface area contributed by atoms with E-state index in [1.165, 1.54) is 0 Å². The second-order valence-corrected chi connectivity index (χ2v) is 10.3. The minimum absolute atomic E-state index is 0.216. The molecule has 1 amide bonds.